The van der Waals surface area contributed by atoms with Crippen LogP contribution in [0.5, 0.6) is 0 Å². The second-order valence-corrected chi connectivity index (χ2v) is 7.20. The van der Waals surface area contributed by atoms with Gasteiger partial charge in [0.15, 0.2) is 0 Å². The fraction of sp³-hybridized carbons (Fsp3) is 0.438. The van der Waals surface area contributed by atoms with Crippen molar-refractivity contribution in [2.24, 2.45) is 0 Å². The molecule has 4 rings (SSSR count). The Bertz CT molecular complexity index is 751. The first-order chi connectivity index (χ1) is 12.2. The van der Waals surface area contributed by atoms with Crippen LogP contribution in [-0.4, -0.2) is 58.3 Å². The number of hydrogen-bond acceptors (Lipinski definition) is 6. The first kappa shape index (κ1) is 16.2. The summed E-state index contributed by atoms with van der Waals surface area (Å²) in [4.78, 5) is 15.6. The molecular formula is C16H18FN5O2S. The van der Waals surface area contributed by atoms with Gasteiger partial charge in [-0.1, -0.05) is 5.21 Å². The summed E-state index contributed by atoms with van der Waals surface area (Å²) in [5, 5.41) is 7.60. The van der Waals surface area contributed by atoms with Gasteiger partial charge in [0.05, 0.1) is 30.7 Å². The molecule has 0 radical (unpaired) electrons. The van der Waals surface area contributed by atoms with Crippen molar-refractivity contribution >= 4 is 29.2 Å². The average molecular weight is 363 g/mol. The molecule has 0 aliphatic carbocycles. The molecule has 25 heavy (non-hydrogen) atoms. The maximum atomic E-state index is 14.6. The number of carbonyl (C=O) groups excluding carboxylic acids is 1. The topological polar surface area (TPSA) is 63.5 Å². The quantitative estimate of drug-likeness (QED) is 0.828. The molecule has 132 valence electrons. The third-order valence-corrected chi connectivity index (χ3v) is 5.27. The van der Waals surface area contributed by atoms with Crippen LogP contribution in [0.15, 0.2) is 30.6 Å². The lowest BCUT2D eigenvalue weighted by molar-refractivity contribution is 0.129. The lowest BCUT2D eigenvalue weighted by atomic mass is 10.2. The SMILES string of the molecule is O=C1O[C@@H](Cn2ccnn2)CN1c1ccc(N2CCSCC2)c(F)c1. The van der Waals surface area contributed by atoms with Crippen molar-refractivity contribution in [3.63, 3.8) is 0 Å². The Kier molecular flexibility index (Phi) is 4.48. The largest absolute Gasteiger partial charge is 0.442 e. The van der Waals surface area contributed by atoms with Gasteiger partial charge in [0.2, 0.25) is 0 Å². The maximum Gasteiger partial charge on any atom is 0.414 e. The van der Waals surface area contributed by atoms with Crippen molar-refractivity contribution in [2.45, 2.75) is 12.6 Å². The zero-order valence-electron chi connectivity index (χ0n) is 13.5. The number of amides is 1. The number of aromatic nitrogens is 3. The van der Waals surface area contributed by atoms with Gasteiger partial charge in [-0.2, -0.15) is 11.8 Å². The van der Waals surface area contributed by atoms with Crippen LogP contribution in [0.2, 0.25) is 0 Å². The first-order valence-electron chi connectivity index (χ1n) is 8.15. The lowest BCUT2D eigenvalue weighted by Gasteiger charge is -2.29. The van der Waals surface area contributed by atoms with Crippen LogP contribution in [0, 0.1) is 5.82 Å². The minimum Gasteiger partial charge on any atom is -0.442 e. The second-order valence-electron chi connectivity index (χ2n) is 5.98. The van der Waals surface area contributed by atoms with Gasteiger partial charge in [-0.3, -0.25) is 4.90 Å². The van der Waals surface area contributed by atoms with Gasteiger partial charge in [0.25, 0.3) is 0 Å². The van der Waals surface area contributed by atoms with Gasteiger partial charge >= 0.3 is 6.09 Å². The van der Waals surface area contributed by atoms with Crippen molar-refractivity contribution in [3.05, 3.63) is 36.4 Å². The molecule has 0 saturated carbocycles. The van der Waals surface area contributed by atoms with Crippen molar-refractivity contribution in [1.82, 2.24) is 15.0 Å². The Morgan fingerprint density at radius 3 is 2.88 bits per heavy atom. The number of ether oxygens (including phenoxy) is 1. The fourth-order valence-electron chi connectivity index (χ4n) is 3.09. The van der Waals surface area contributed by atoms with E-state index in [0.29, 0.717) is 24.5 Å². The van der Waals surface area contributed by atoms with Crippen molar-refractivity contribution in [2.75, 3.05) is 40.9 Å². The Balaban J connectivity index is 1.47. The molecule has 1 atom stereocenters. The van der Waals surface area contributed by atoms with Crippen LogP contribution < -0.4 is 9.80 Å². The predicted molar refractivity (Wildman–Crippen MR) is 93.6 cm³/mol. The molecule has 3 heterocycles. The number of anilines is 2. The summed E-state index contributed by atoms with van der Waals surface area (Å²) in [7, 11) is 0. The monoisotopic (exact) mass is 363 g/mol. The molecule has 0 spiro atoms. The van der Waals surface area contributed by atoms with E-state index in [1.54, 1.807) is 29.2 Å². The van der Waals surface area contributed by atoms with Crippen LogP contribution in [0.3, 0.4) is 0 Å². The van der Waals surface area contributed by atoms with E-state index in [2.05, 4.69) is 10.3 Å². The lowest BCUT2D eigenvalue weighted by Crippen LogP contribution is -2.33. The number of carbonyl (C=O) groups is 1. The van der Waals surface area contributed by atoms with E-state index in [1.165, 1.54) is 11.0 Å². The minimum absolute atomic E-state index is 0.308. The average Bonchev–Trinajstić information content (AvgIpc) is 3.25. The number of cyclic esters (lactones) is 1. The number of benzene rings is 1. The van der Waals surface area contributed by atoms with Crippen molar-refractivity contribution < 1.29 is 13.9 Å². The van der Waals surface area contributed by atoms with Crippen molar-refractivity contribution in [1.29, 1.82) is 0 Å². The molecule has 1 aromatic carbocycles. The Labute approximate surface area is 148 Å². The van der Waals surface area contributed by atoms with Gasteiger partial charge in [0.1, 0.15) is 11.9 Å². The molecule has 0 N–H and O–H groups in total. The number of hydrogen-bond donors (Lipinski definition) is 0. The Hall–Kier alpha value is -2.29. The molecule has 0 bridgehead atoms. The molecule has 2 aliphatic rings. The van der Waals surface area contributed by atoms with Crippen LogP contribution in [-0.2, 0) is 11.3 Å². The van der Waals surface area contributed by atoms with E-state index in [1.807, 2.05) is 16.7 Å². The van der Waals surface area contributed by atoms with Gasteiger partial charge in [0, 0.05) is 30.8 Å². The smallest absolute Gasteiger partial charge is 0.414 e. The first-order valence-corrected chi connectivity index (χ1v) is 9.30. The van der Waals surface area contributed by atoms with Crippen molar-refractivity contribution in [3.8, 4) is 0 Å². The molecule has 0 unspecified atom stereocenters. The molecule has 2 aliphatic heterocycles. The van der Waals surface area contributed by atoms with Crippen LogP contribution in [0.25, 0.3) is 0 Å². The Morgan fingerprint density at radius 2 is 2.16 bits per heavy atom. The highest BCUT2D eigenvalue weighted by Crippen LogP contribution is 2.29. The summed E-state index contributed by atoms with van der Waals surface area (Å²) in [5.74, 6) is 1.70. The van der Waals surface area contributed by atoms with Gasteiger partial charge in [-0.15, -0.1) is 5.10 Å². The zero-order chi connectivity index (χ0) is 17.2. The summed E-state index contributed by atoms with van der Waals surface area (Å²) in [5.41, 5.74) is 1.11. The van der Waals surface area contributed by atoms with E-state index in [0.717, 1.165) is 24.6 Å². The molecule has 2 aromatic rings. The summed E-state index contributed by atoms with van der Waals surface area (Å²) in [6.07, 6.45) is 2.48. The number of nitrogens with zero attached hydrogens (tertiary/aromatic N) is 5. The molecule has 9 heteroatoms. The maximum absolute atomic E-state index is 14.6. The zero-order valence-corrected chi connectivity index (χ0v) is 14.4. The van der Waals surface area contributed by atoms with Crippen LogP contribution >= 0.6 is 11.8 Å². The summed E-state index contributed by atoms with van der Waals surface area (Å²) >= 11 is 1.88. The molecule has 2 saturated heterocycles. The highest BCUT2D eigenvalue weighted by Gasteiger charge is 2.33. The van der Waals surface area contributed by atoms with Crippen LogP contribution in [0.1, 0.15) is 0 Å². The summed E-state index contributed by atoms with van der Waals surface area (Å²) in [6, 6.07) is 4.94. The van der Waals surface area contributed by atoms with E-state index in [9.17, 15) is 9.18 Å². The van der Waals surface area contributed by atoms with E-state index < -0.39 is 6.09 Å². The summed E-state index contributed by atoms with van der Waals surface area (Å²) in [6.45, 7) is 2.46. The third-order valence-electron chi connectivity index (χ3n) is 4.33. The third kappa shape index (κ3) is 3.41. The predicted octanol–water partition coefficient (Wildman–Crippen LogP) is 2.00. The molecule has 1 aromatic heterocycles. The molecule has 2 fully saturated rings. The fourth-order valence-corrected chi connectivity index (χ4v) is 3.99. The van der Waals surface area contributed by atoms with Gasteiger partial charge in [-0.25, -0.2) is 13.9 Å². The normalized spacial score (nSPS) is 20.8. The molecular weight excluding hydrogens is 345 g/mol. The van der Waals surface area contributed by atoms with E-state index in [-0.39, 0.29) is 11.9 Å². The summed E-state index contributed by atoms with van der Waals surface area (Å²) < 4.78 is 21.5. The minimum atomic E-state index is -0.466. The number of thioether (sulfide) groups is 1. The van der Waals surface area contributed by atoms with E-state index in [4.69, 9.17) is 4.74 Å². The van der Waals surface area contributed by atoms with E-state index >= 15 is 0 Å². The number of halogens is 1. The Morgan fingerprint density at radius 1 is 1.32 bits per heavy atom. The highest BCUT2D eigenvalue weighted by molar-refractivity contribution is 7.99. The highest BCUT2D eigenvalue weighted by atomic mass is 32.2. The van der Waals surface area contributed by atoms with Gasteiger partial charge in [-0.05, 0) is 18.2 Å². The molecule has 1 amide bonds. The number of rotatable bonds is 4. The van der Waals surface area contributed by atoms with Crippen LogP contribution in [0.4, 0.5) is 20.6 Å². The standard InChI is InChI=1S/C16H18FN5O2S/c17-14-9-12(1-2-15(14)20-5-7-25-8-6-20)22-11-13(24-16(22)23)10-21-4-3-18-19-21/h1-4,9,13H,5-8,10-11H2/t13-/m0/s1. The van der Waals surface area contributed by atoms with Gasteiger partial charge < -0.3 is 9.64 Å². The molecule has 7 nitrogen and oxygen atoms in total. The second kappa shape index (κ2) is 6.91.